The summed E-state index contributed by atoms with van der Waals surface area (Å²) in [7, 11) is 0. The molecule has 5 heteroatoms. The van der Waals surface area contributed by atoms with E-state index in [2.05, 4.69) is 39.1 Å². The van der Waals surface area contributed by atoms with Crippen molar-refractivity contribution in [2.45, 2.75) is 38.8 Å². The normalized spacial score (nSPS) is 17.4. The molecule has 3 aromatic rings. The summed E-state index contributed by atoms with van der Waals surface area (Å²) in [5.74, 6) is 1.59. The first-order chi connectivity index (χ1) is 12.8. The smallest absolute Gasteiger partial charge is 0.254 e. The summed E-state index contributed by atoms with van der Waals surface area (Å²) >= 11 is 0. The molecule has 0 atom stereocenters. The lowest BCUT2D eigenvalue weighted by Gasteiger charge is -2.28. The van der Waals surface area contributed by atoms with Crippen LogP contribution in [0.2, 0.25) is 0 Å². The van der Waals surface area contributed by atoms with Gasteiger partial charge >= 0.3 is 0 Å². The second kappa shape index (κ2) is 6.32. The van der Waals surface area contributed by atoms with Crippen LogP contribution in [0.5, 0.6) is 0 Å². The largest absolute Gasteiger partial charge is 0.310 e. The number of aromatic nitrogens is 3. The third-order valence-corrected chi connectivity index (χ3v) is 5.55. The Hall–Kier alpha value is -2.53. The van der Waals surface area contributed by atoms with Crippen molar-refractivity contribution in [3.63, 3.8) is 0 Å². The number of hydrogen-bond donors (Lipinski definition) is 1. The molecule has 0 bridgehead atoms. The maximum atomic E-state index is 12.4. The van der Waals surface area contributed by atoms with Crippen molar-refractivity contribution < 1.29 is 0 Å². The van der Waals surface area contributed by atoms with Crippen molar-refractivity contribution in [1.29, 1.82) is 0 Å². The van der Waals surface area contributed by atoms with Crippen molar-refractivity contribution in [2.75, 3.05) is 6.54 Å². The summed E-state index contributed by atoms with van der Waals surface area (Å²) in [5.41, 5.74) is 3.22. The molecule has 1 N–H and O–H groups in total. The first-order valence-corrected chi connectivity index (χ1v) is 9.41. The van der Waals surface area contributed by atoms with Crippen LogP contribution in [0.1, 0.15) is 35.5 Å². The maximum Gasteiger partial charge on any atom is 0.254 e. The van der Waals surface area contributed by atoms with Crippen molar-refractivity contribution in [2.24, 2.45) is 5.92 Å². The zero-order valence-corrected chi connectivity index (χ0v) is 14.7. The van der Waals surface area contributed by atoms with Crippen molar-refractivity contribution in [3.8, 4) is 0 Å². The van der Waals surface area contributed by atoms with Gasteiger partial charge in [-0.05, 0) is 42.2 Å². The van der Waals surface area contributed by atoms with Gasteiger partial charge in [0.2, 0.25) is 0 Å². The average molecular weight is 346 g/mol. The van der Waals surface area contributed by atoms with Gasteiger partial charge in [-0.25, -0.2) is 4.98 Å². The minimum absolute atomic E-state index is 0.0709. The van der Waals surface area contributed by atoms with Gasteiger partial charge in [-0.3, -0.25) is 14.7 Å². The molecule has 5 nitrogen and oxygen atoms in total. The molecule has 0 spiro atoms. The van der Waals surface area contributed by atoms with Gasteiger partial charge in [0.15, 0.2) is 0 Å². The van der Waals surface area contributed by atoms with Crippen LogP contribution in [-0.2, 0) is 25.9 Å². The van der Waals surface area contributed by atoms with Gasteiger partial charge in [-0.2, -0.15) is 0 Å². The molecule has 0 radical (unpaired) electrons. The Morgan fingerprint density at radius 3 is 3.04 bits per heavy atom. The summed E-state index contributed by atoms with van der Waals surface area (Å²) in [6, 6.07) is 8.46. The molecular weight excluding hydrogens is 324 g/mol. The van der Waals surface area contributed by atoms with Gasteiger partial charge in [0.25, 0.3) is 5.56 Å². The van der Waals surface area contributed by atoms with E-state index in [4.69, 9.17) is 4.98 Å². The second-order valence-electron chi connectivity index (χ2n) is 7.56. The minimum Gasteiger partial charge on any atom is -0.310 e. The van der Waals surface area contributed by atoms with Crippen molar-refractivity contribution in [1.82, 2.24) is 19.9 Å². The zero-order valence-electron chi connectivity index (χ0n) is 14.7. The van der Waals surface area contributed by atoms with E-state index in [1.54, 1.807) is 0 Å². The van der Waals surface area contributed by atoms with E-state index in [0.717, 1.165) is 55.5 Å². The molecule has 5 rings (SSSR count). The summed E-state index contributed by atoms with van der Waals surface area (Å²) in [4.78, 5) is 26.8. The molecule has 2 aromatic heterocycles. The fourth-order valence-electron chi connectivity index (χ4n) is 3.94. The van der Waals surface area contributed by atoms with E-state index >= 15 is 0 Å². The molecule has 1 aliphatic carbocycles. The van der Waals surface area contributed by atoms with E-state index in [1.165, 1.54) is 29.2 Å². The molecule has 0 unspecified atom stereocenters. The third-order valence-electron chi connectivity index (χ3n) is 5.55. The van der Waals surface area contributed by atoms with Crippen LogP contribution < -0.4 is 5.56 Å². The number of benzene rings is 1. The molecule has 2 aliphatic rings. The number of H-pyrrole nitrogens is 1. The minimum atomic E-state index is 0.0709. The fourth-order valence-corrected chi connectivity index (χ4v) is 3.94. The van der Waals surface area contributed by atoms with Crippen LogP contribution in [0.4, 0.5) is 0 Å². The van der Waals surface area contributed by atoms with E-state index in [1.807, 2.05) is 12.4 Å². The molecule has 1 fully saturated rings. The number of hydrogen-bond acceptors (Lipinski definition) is 4. The molecule has 26 heavy (non-hydrogen) atoms. The zero-order chi connectivity index (χ0) is 17.5. The molecule has 3 heterocycles. The van der Waals surface area contributed by atoms with Gasteiger partial charge in [0.1, 0.15) is 5.82 Å². The highest BCUT2D eigenvalue weighted by Crippen LogP contribution is 2.31. The second-order valence-corrected chi connectivity index (χ2v) is 7.56. The lowest BCUT2D eigenvalue weighted by Crippen LogP contribution is -2.35. The number of fused-ring (bicyclic) bond motifs is 2. The van der Waals surface area contributed by atoms with Gasteiger partial charge < -0.3 is 4.98 Å². The average Bonchev–Trinajstić information content (AvgIpc) is 3.46. The lowest BCUT2D eigenvalue weighted by molar-refractivity contribution is 0.241. The van der Waals surface area contributed by atoms with Crippen LogP contribution in [-0.4, -0.2) is 26.4 Å². The van der Waals surface area contributed by atoms with Crippen molar-refractivity contribution >= 4 is 10.8 Å². The fraction of sp³-hybridized carbons (Fsp3) is 0.381. The molecule has 0 saturated heterocycles. The van der Waals surface area contributed by atoms with E-state index in [9.17, 15) is 4.79 Å². The Morgan fingerprint density at radius 2 is 2.15 bits per heavy atom. The SMILES string of the molecule is O=c1[nH]c(CC2CC2)nc2c1CCN(Cc1cccc3cnccc13)C2. The Labute approximate surface area is 152 Å². The standard InChI is InChI=1S/C21H22N4O/c26-21-18-7-9-25(13-19(18)23-20(24-21)10-14-4-5-14)12-16-3-1-2-15-11-22-8-6-17(15)16/h1-3,6,8,11,14H,4-5,7,9-10,12-13H2,(H,23,24,26). The summed E-state index contributed by atoms with van der Waals surface area (Å²) in [5, 5.41) is 2.42. The summed E-state index contributed by atoms with van der Waals surface area (Å²) in [6.07, 6.45) is 7.98. The Bertz CT molecular complexity index is 1020. The highest BCUT2D eigenvalue weighted by atomic mass is 16.1. The van der Waals surface area contributed by atoms with Gasteiger partial charge in [-0.15, -0.1) is 0 Å². The molecule has 1 aliphatic heterocycles. The highest BCUT2D eigenvalue weighted by molar-refractivity contribution is 5.84. The van der Waals surface area contributed by atoms with Crippen LogP contribution >= 0.6 is 0 Å². The Morgan fingerprint density at radius 1 is 1.23 bits per heavy atom. The first kappa shape index (κ1) is 15.7. The third kappa shape index (κ3) is 3.03. The number of pyridine rings is 1. The lowest BCUT2D eigenvalue weighted by atomic mass is 10.0. The highest BCUT2D eigenvalue weighted by Gasteiger charge is 2.25. The van der Waals surface area contributed by atoms with Crippen LogP contribution in [0.25, 0.3) is 10.8 Å². The predicted molar refractivity (Wildman–Crippen MR) is 101 cm³/mol. The van der Waals surface area contributed by atoms with Gasteiger partial charge in [0, 0.05) is 49.4 Å². The molecule has 132 valence electrons. The van der Waals surface area contributed by atoms with Crippen LogP contribution in [0, 0.1) is 5.92 Å². The molecule has 1 aromatic carbocycles. The number of aromatic amines is 1. The number of nitrogens with one attached hydrogen (secondary N) is 1. The first-order valence-electron chi connectivity index (χ1n) is 9.41. The molecule has 0 amide bonds. The van der Waals surface area contributed by atoms with Gasteiger partial charge in [0.05, 0.1) is 5.69 Å². The number of nitrogens with zero attached hydrogens (tertiary/aromatic N) is 3. The van der Waals surface area contributed by atoms with E-state index < -0.39 is 0 Å². The summed E-state index contributed by atoms with van der Waals surface area (Å²) in [6.45, 7) is 2.51. The van der Waals surface area contributed by atoms with E-state index in [-0.39, 0.29) is 5.56 Å². The van der Waals surface area contributed by atoms with E-state index in [0.29, 0.717) is 0 Å². The predicted octanol–water partition coefficient (Wildman–Crippen LogP) is 2.83. The quantitative estimate of drug-likeness (QED) is 0.789. The van der Waals surface area contributed by atoms with Crippen molar-refractivity contribution in [3.05, 3.63) is 69.7 Å². The molecular formula is C21H22N4O. The van der Waals surface area contributed by atoms with Crippen LogP contribution in [0.3, 0.4) is 0 Å². The summed E-state index contributed by atoms with van der Waals surface area (Å²) < 4.78 is 0. The topological polar surface area (TPSA) is 61.9 Å². The Balaban J connectivity index is 1.41. The Kier molecular flexibility index (Phi) is 3.82. The van der Waals surface area contributed by atoms with Gasteiger partial charge in [-0.1, -0.05) is 18.2 Å². The maximum absolute atomic E-state index is 12.4. The molecule has 1 saturated carbocycles. The monoisotopic (exact) mass is 346 g/mol. The number of rotatable bonds is 4. The van der Waals surface area contributed by atoms with Crippen LogP contribution in [0.15, 0.2) is 41.5 Å².